The summed E-state index contributed by atoms with van der Waals surface area (Å²) in [5.74, 6) is 0. The van der Waals surface area contributed by atoms with Crippen LogP contribution in [-0.4, -0.2) is 19.1 Å². The van der Waals surface area contributed by atoms with E-state index >= 15 is 0 Å². The second-order valence-electron chi connectivity index (χ2n) is 13.0. The number of hydrogen-bond donors (Lipinski definition) is 2. The molecule has 0 amide bonds. The molecule has 0 aliphatic heterocycles. The van der Waals surface area contributed by atoms with Crippen LogP contribution >= 0.6 is 0 Å². The third-order valence-electron chi connectivity index (χ3n) is 10.6. The minimum Gasteiger partial charge on any atom is -0.355 e. The summed E-state index contributed by atoms with van der Waals surface area (Å²) in [6, 6.07) is 44.9. The van der Waals surface area contributed by atoms with Crippen molar-refractivity contribution in [2.24, 2.45) is 0 Å². The maximum atomic E-state index is 3.64. The molecule has 10 aromatic rings. The van der Waals surface area contributed by atoms with E-state index in [2.05, 4.69) is 140 Å². The Labute approximate surface area is 264 Å². The summed E-state index contributed by atoms with van der Waals surface area (Å²) in [6.07, 6.45) is 4.69. The van der Waals surface area contributed by atoms with Crippen LogP contribution in [0.15, 0.2) is 121 Å². The van der Waals surface area contributed by atoms with Crippen molar-refractivity contribution < 1.29 is 0 Å². The summed E-state index contributed by atoms with van der Waals surface area (Å²) >= 11 is 0. The van der Waals surface area contributed by atoms with Gasteiger partial charge < -0.3 is 19.1 Å². The third-order valence-corrected chi connectivity index (χ3v) is 10.6. The fraction of sp³-hybridized carbons (Fsp3) is 0.0952. The summed E-state index contributed by atoms with van der Waals surface area (Å²) < 4.78 is 5.15. The van der Waals surface area contributed by atoms with Gasteiger partial charge in [0.25, 0.3) is 0 Å². The number of nitrogens with one attached hydrogen (secondary N) is 2. The van der Waals surface area contributed by atoms with Gasteiger partial charge in [-0.05, 0) is 85.8 Å². The molecule has 0 saturated carbocycles. The summed E-state index contributed by atoms with van der Waals surface area (Å²) in [5.41, 5.74) is 14.0. The summed E-state index contributed by atoms with van der Waals surface area (Å²) in [6.45, 7) is 0. The number of hydrogen-bond acceptors (Lipinski definition) is 0. The van der Waals surface area contributed by atoms with Gasteiger partial charge in [0.2, 0.25) is 0 Å². The average molecular weight is 591 g/mol. The molecule has 4 heterocycles. The van der Waals surface area contributed by atoms with Crippen LogP contribution < -0.4 is 0 Å². The van der Waals surface area contributed by atoms with E-state index in [-0.39, 0.29) is 0 Å². The predicted molar refractivity (Wildman–Crippen MR) is 193 cm³/mol. The molecule has 46 heavy (non-hydrogen) atoms. The SMILES string of the molecule is c1ccc2c(c1)[nH]c1ccc(-n3c4c(c5ccc6c7ccccc7n(-c7ccc8[nH]c9ccccc9c8c7)c6c53)CCCC4)cc12. The zero-order valence-electron chi connectivity index (χ0n) is 25.3. The Morgan fingerprint density at radius 1 is 0.413 bits per heavy atom. The van der Waals surface area contributed by atoms with E-state index in [0.717, 1.165) is 12.8 Å². The number of benzene rings is 6. The zero-order valence-corrected chi connectivity index (χ0v) is 25.3. The van der Waals surface area contributed by atoms with Gasteiger partial charge >= 0.3 is 0 Å². The smallest absolute Gasteiger partial charge is 0.0788 e. The Kier molecular flexibility index (Phi) is 4.76. The lowest BCUT2D eigenvalue weighted by atomic mass is 9.95. The van der Waals surface area contributed by atoms with Crippen LogP contribution in [0.2, 0.25) is 0 Å². The number of aromatic amines is 2. The molecule has 1 aliphatic carbocycles. The molecule has 1 aliphatic rings. The number of aromatic nitrogens is 4. The van der Waals surface area contributed by atoms with Gasteiger partial charge in [0.15, 0.2) is 0 Å². The molecule has 0 saturated heterocycles. The van der Waals surface area contributed by atoms with Crippen molar-refractivity contribution in [2.75, 3.05) is 0 Å². The quantitative estimate of drug-likeness (QED) is 0.201. The van der Waals surface area contributed by atoms with Crippen LogP contribution in [0.1, 0.15) is 24.1 Å². The highest BCUT2D eigenvalue weighted by molar-refractivity contribution is 6.19. The highest BCUT2D eigenvalue weighted by Gasteiger charge is 2.26. The van der Waals surface area contributed by atoms with Gasteiger partial charge in [-0.25, -0.2) is 0 Å². The van der Waals surface area contributed by atoms with E-state index in [4.69, 9.17) is 0 Å². The molecule has 0 atom stereocenters. The minimum atomic E-state index is 1.10. The molecule has 2 N–H and O–H groups in total. The Hall–Kier alpha value is -5.74. The largest absolute Gasteiger partial charge is 0.355 e. The van der Waals surface area contributed by atoms with Crippen molar-refractivity contribution in [3.8, 4) is 11.4 Å². The van der Waals surface area contributed by atoms with Gasteiger partial charge in [0, 0.05) is 76.8 Å². The second-order valence-corrected chi connectivity index (χ2v) is 13.0. The number of fused-ring (bicyclic) bond motifs is 13. The Morgan fingerprint density at radius 3 is 1.67 bits per heavy atom. The average Bonchev–Trinajstić information content (AvgIpc) is 3.85. The van der Waals surface area contributed by atoms with E-state index < -0.39 is 0 Å². The molecule has 4 nitrogen and oxygen atoms in total. The molecule has 4 heteroatoms. The molecule has 0 radical (unpaired) electrons. The van der Waals surface area contributed by atoms with Gasteiger partial charge in [-0.15, -0.1) is 0 Å². The highest BCUT2D eigenvalue weighted by Crippen LogP contribution is 2.43. The van der Waals surface area contributed by atoms with E-state index in [1.165, 1.54) is 112 Å². The van der Waals surface area contributed by atoms with Crippen molar-refractivity contribution in [3.63, 3.8) is 0 Å². The standard InChI is InChI=1S/C42H30N4/c1-5-13-35-27(9-1)33-23-25(17-21-37(33)43-35)45-39-15-7-3-11-29(39)31-19-20-32-30-12-4-8-16-40(30)46(42(32)41(31)45)26-18-22-38-34(24-26)28-10-2-6-14-36(28)44-38/h1-3,5-7,9-11,13-15,17-24,43-44H,4,8,12,16H2. The predicted octanol–water partition coefficient (Wildman–Crippen LogP) is 10.9. The number of nitrogens with zero attached hydrogens (tertiary/aromatic N) is 2. The topological polar surface area (TPSA) is 41.4 Å². The normalized spacial score (nSPS) is 13.7. The summed E-state index contributed by atoms with van der Waals surface area (Å²) in [7, 11) is 0. The first kappa shape index (κ1) is 24.6. The molecular weight excluding hydrogens is 560 g/mol. The molecular formula is C42H30N4. The fourth-order valence-corrected chi connectivity index (χ4v) is 8.57. The Bertz CT molecular complexity index is 2870. The van der Waals surface area contributed by atoms with Crippen molar-refractivity contribution >= 4 is 76.3 Å². The molecule has 11 rings (SSSR count). The lowest BCUT2D eigenvalue weighted by Gasteiger charge is -2.17. The first-order chi connectivity index (χ1) is 22.8. The van der Waals surface area contributed by atoms with E-state index in [1.54, 1.807) is 0 Å². The maximum Gasteiger partial charge on any atom is 0.0788 e. The molecule has 218 valence electrons. The first-order valence-electron chi connectivity index (χ1n) is 16.4. The van der Waals surface area contributed by atoms with Crippen LogP contribution in [0.25, 0.3) is 87.7 Å². The molecule has 0 bridgehead atoms. The molecule has 4 aromatic heterocycles. The maximum absolute atomic E-state index is 3.64. The van der Waals surface area contributed by atoms with Gasteiger partial charge in [0.05, 0.1) is 16.6 Å². The number of aryl methyl sites for hydroxylation is 1. The van der Waals surface area contributed by atoms with Crippen LogP contribution in [0, 0.1) is 0 Å². The van der Waals surface area contributed by atoms with Gasteiger partial charge in [-0.1, -0.05) is 66.7 Å². The van der Waals surface area contributed by atoms with Gasteiger partial charge in [-0.2, -0.15) is 0 Å². The van der Waals surface area contributed by atoms with Crippen LogP contribution in [0.4, 0.5) is 0 Å². The summed E-state index contributed by atoms with van der Waals surface area (Å²) in [4.78, 5) is 7.26. The number of para-hydroxylation sites is 3. The van der Waals surface area contributed by atoms with Crippen molar-refractivity contribution in [2.45, 2.75) is 25.7 Å². The van der Waals surface area contributed by atoms with E-state index in [0.29, 0.717) is 0 Å². The highest BCUT2D eigenvalue weighted by atomic mass is 15.1. The van der Waals surface area contributed by atoms with Gasteiger partial charge in [-0.3, -0.25) is 0 Å². The molecule has 0 spiro atoms. The monoisotopic (exact) mass is 590 g/mol. The second kappa shape index (κ2) is 8.92. The Balaban J connectivity index is 1.30. The molecule has 0 fully saturated rings. The van der Waals surface area contributed by atoms with E-state index in [1.807, 2.05) is 0 Å². The number of H-pyrrole nitrogens is 2. The first-order valence-corrected chi connectivity index (χ1v) is 16.4. The summed E-state index contributed by atoms with van der Waals surface area (Å²) in [5, 5.41) is 9.04. The third kappa shape index (κ3) is 3.18. The van der Waals surface area contributed by atoms with Crippen molar-refractivity contribution in [1.82, 2.24) is 19.1 Å². The van der Waals surface area contributed by atoms with Crippen molar-refractivity contribution in [3.05, 3.63) is 133 Å². The van der Waals surface area contributed by atoms with Crippen LogP contribution in [-0.2, 0) is 12.8 Å². The lowest BCUT2D eigenvalue weighted by Crippen LogP contribution is -2.07. The van der Waals surface area contributed by atoms with Crippen LogP contribution in [0.3, 0.4) is 0 Å². The van der Waals surface area contributed by atoms with Gasteiger partial charge in [0.1, 0.15) is 0 Å². The fourth-order valence-electron chi connectivity index (χ4n) is 8.57. The lowest BCUT2D eigenvalue weighted by molar-refractivity contribution is 0.667. The molecule has 0 unspecified atom stereocenters. The Morgan fingerprint density at radius 2 is 0.957 bits per heavy atom. The zero-order chi connectivity index (χ0) is 29.9. The van der Waals surface area contributed by atoms with Crippen molar-refractivity contribution in [1.29, 1.82) is 0 Å². The number of rotatable bonds is 2. The minimum absolute atomic E-state index is 1.10. The molecule has 6 aromatic carbocycles. The van der Waals surface area contributed by atoms with E-state index in [9.17, 15) is 0 Å². The van der Waals surface area contributed by atoms with Crippen LogP contribution in [0.5, 0.6) is 0 Å².